The number of aromatic nitrogens is 2. The largest absolute Gasteiger partial charge is 0.356 e. The van der Waals surface area contributed by atoms with Crippen molar-refractivity contribution in [1.82, 2.24) is 15.3 Å². The summed E-state index contributed by atoms with van der Waals surface area (Å²) < 4.78 is 0. The number of piperidine rings is 1. The maximum Gasteiger partial charge on any atom is 0.251 e. The highest BCUT2D eigenvalue weighted by Crippen LogP contribution is 2.19. The van der Waals surface area contributed by atoms with Gasteiger partial charge in [-0.1, -0.05) is 48.5 Å². The van der Waals surface area contributed by atoms with Gasteiger partial charge in [-0.2, -0.15) is 0 Å². The Hall–Kier alpha value is -3.21. The van der Waals surface area contributed by atoms with Gasteiger partial charge in [-0.05, 0) is 43.0 Å². The van der Waals surface area contributed by atoms with Crippen molar-refractivity contribution in [2.75, 3.05) is 18.0 Å². The van der Waals surface area contributed by atoms with Gasteiger partial charge in [-0.25, -0.2) is 9.97 Å². The van der Waals surface area contributed by atoms with Crippen LogP contribution < -0.4 is 10.2 Å². The van der Waals surface area contributed by atoms with Crippen molar-refractivity contribution in [3.8, 4) is 0 Å². The second-order valence-corrected chi connectivity index (χ2v) is 7.54. The Balaban J connectivity index is 1.34. The normalized spacial score (nSPS) is 14.6. The van der Waals surface area contributed by atoms with Crippen molar-refractivity contribution < 1.29 is 4.79 Å². The molecule has 0 spiro atoms. The summed E-state index contributed by atoms with van der Waals surface area (Å²) in [5.41, 5.74) is 2.98. The van der Waals surface area contributed by atoms with Crippen molar-refractivity contribution in [3.05, 3.63) is 89.4 Å². The van der Waals surface area contributed by atoms with Crippen LogP contribution in [0.25, 0.3) is 0 Å². The molecule has 29 heavy (non-hydrogen) atoms. The van der Waals surface area contributed by atoms with Gasteiger partial charge in [0.25, 0.3) is 5.91 Å². The molecule has 0 radical (unpaired) electrons. The summed E-state index contributed by atoms with van der Waals surface area (Å²) >= 11 is 0. The van der Waals surface area contributed by atoms with Gasteiger partial charge in [0.2, 0.25) is 0 Å². The molecule has 0 atom stereocenters. The molecule has 1 fully saturated rings. The van der Waals surface area contributed by atoms with Gasteiger partial charge in [-0.3, -0.25) is 4.79 Å². The molecular formula is C24H26N4O. The topological polar surface area (TPSA) is 58.1 Å². The zero-order chi connectivity index (χ0) is 20.1. The fourth-order valence-corrected chi connectivity index (χ4v) is 3.77. The first-order chi connectivity index (χ1) is 14.2. The van der Waals surface area contributed by atoms with Crippen LogP contribution in [0.5, 0.6) is 0 Å². The van der Waals surface area contributed by atoms with E-state index in [0.29, 0.717) is 0 Å². The van der Waals surface area contributed by atoms with Crippen LogP contribution in [0.4, 0.5) is 5.82 Å². The highest BCUT2D eigenvalue weighted by atomic mass is 16.1. The number of amides is 1. The Kier molecular flexibility index (Phi) is 5.84. The molecule has 5 heteroatoms. The summed E-state index contributed by atoms with van der Waals surface area (Å²) in [6.45, 7) is 3.72. The van der Waals surface area contributed by atoms with Crippen molar-refractivity contribution in [1.29, 1.82) is 0 Å². The summed E-state index contributed by atoms with van der Waals surface area (Å²) in [7, 11) is 0. The monoisotopic (exact) mass is 386 g/mol. The van der Waals surface area contributed by atoms with E-state index in [0.717, 1.165) is 55.1 Å². The molecule has 4 rings (SSSR count). The predicted octanol–water partition coefficient (Wildman–Crippen LogP) is 3.77. The molecule has 0 saturated carbocycles. The lowest BCUT2D eigenvalue weighted by Crippen LogP contribution is -2.45. The lowest BCUT2D eigenvalue weighted by Gasteiger charge is -2.33. The Morgan fingerprint density at radius 2 is 1.76 bits per heavy atom. The summed E-state index contributed by atoms with van der Waals surface area (Å²) in [5, 5.41) is 3.19. The molecule has 1 N–H and O–H groups in total. The lowest BCUT2D eigenvalue weighted by molar-refractivity contribution is 0.0930. The van der Waals surface area contributed by atoms with Gasteiger partial charge >= 0.3 is 0 Å². The van der Waals surface area contributed by atoms with E-state index < -0.39 is 0 Å². The van der Waals surface area contributed by atoms with E-state index in [-0.39, 0.29) is 11.9 Å². The quantitative estimate of drug-likeness (QED) is 0.725. The molecule has 1 aromatic heterocycles. The molecule has 0 bridgehead atoms. The minimum atomic E-state index is 0.0220. The summed E-state index contributed by atoms with van der Waals surface area (Å²) in [5.74, 6) is 1.83. The standard InChI is InChI=1S/C24H26N4O/c1-18-7-5-6-10-21(18)24(29)26-20-12-15-28(16-13-20)23-11-14-25-22(27-23)17-19-8-3-2-4-9-19/h2-11,14,20H,12-13,15-17H2,1H3,(H,26,29). The Morgan fingerprint density at radius 1 is 1.03 bits per heavy atom. The highest BCUT2D eigenvalue weighted by molar-refractivity contribution is 5.95. The van der Waals surface area contributed by atoms with Gasteiger partial charge in [-0.15, -0.1) is 0 Å². The molecule has 3 aromatic rings. The molecule has 0 unspecified atom stereocenters. The minimum Gasteiger partial charge on any atom is -0.356 e. The van der Waals surface area contributed by atoms with E-state index in [2.05, 4.69) is 27.3 Å². The van der Waals surface area contributed by atoms with Gasteiger partial charge in [0.1, 0.15) is 11.6 Å². The molecule has 1 amide bonds. The van der Waals surface area contributed by atoms with E-state index >= 15 is 0 Å². The van der Waals surface area contributed by atoms with E-state index in [1.807, 2.05) is 61.7 Å². The SMILES string of the molecule is Cc1ccccc1C(=O)NC1CCN(c2ccnc(Cc3ccccc3)n2)CC1. The number of aryl methyl sites for hydroxylation is 1. The second kappa shape index (κ2) is 8.86. The minimum absolute atomic E-state index is 0.0220. The third kappa shape index (κ3) is 4.80. The van der Waals surface area contributed by atoms with Crippen molar-refractivity contribution in [2.24, 2.45) is 0 Å². The first-order valence-electron chi connectivity index (χ1n) is 10.2. The van der Waals surface area contributed by atoms with Gasteiger partial charge in [0.05, 0.1) is 0 Å². The van der Waals surface area contributed by atoms with Crippen LogP contribution in [0, 0.1) is 6.92 Å². The lowest BCUT2D eigenvalue weighted by atomic mass is 10.0. The number of hydrogen-bond acceptors (Lipinski definition) is 4. The van der Waals surface area contributed by atoms with Crippen molar-refractivity contribution >= 4 is 11.7 Å². The number of rotatable bonds is 5. The molecular weight excluding hydrogens is 360 g/mol. The van der Waals surface area contributed by atoms with Crippen LogP contribution in [0.15, 0.2) is 66.9 Å². The van der Waals surface area contributed by atoms with Gasteiger partial charge in [0.15, 0.2) is 0 Å². The average molecular weight is 386 g/mol. The number of carbonyl (C=O) groups excluding carboxylic acids is 1. The number of benzene rings is 2. The first-order valence-corrected chi connectivity index (χ1v) is 10.2. The molecule has 148 valence electrons. The molecule has 2 heterocycles. The number of nitrogens with zero attached hydrogens (tertiary/aromatic N) is 3. The number of nitrogens with one attached hydrogen (secondary N) is 1. The fraction of sp³-hybridized carbons (Fsp3) is 0.292. The molecule has 1 saturated heterocycles. The third-order valence-corrected chi connectivity index (χ3v) is 5.44. The fourth-order valence-electron chi connectivity index (χ4n) is 3.77. The zero-order valence-corrected chi connectivity index (χ0v) is 16.7. The molecule has 5 nitrogen and oxygen atoms in total. The smallest absolute Gasteiger partial charge is 0.251 e. The third-order valence-electron chi connectivity index (χ3n) is 5.44. The summed E-state index contributed by atoms with van der Waals surface area (Å²) in [6, 6.07) is 20.2. The number of anilines is 1. The zero-order valence-electron chi connectivity index (χ0n) is 16.7. The molecule has 1 aliphatic rings. The second-order valence-electron chi connectivity index (χ2n) is 7.54. The predicted molar refractivity (Wildman–Crippen MR) is 115 cm³/mol. The Labute approximate surface area is 171 Å². The van der Waals surface area contributed by atoms with Gasteiger partial charge < -0.3 is 10.2 Å². The average Bonchev–Trinajstić information content (AvgIpc) is 2.75. The van der Waals surface area contributed by atoms with Gasteiger partial charge in [0, 0.05) is 37.3 Å². The Morgan fingerprint density at radius 3 is 2.52 bits per heavy atom. The highest BCUT2D eigenvalue weighted by Gasteiger charge is 2.22. The summed E-state index contributed by atoms with van der Waals surface area (Å²) in [4.78, 5) is 24.0. The van der Waals surface area contributed by atoms with E-state index in [1.54, 1.807) is 0 Å². The van der Waals surface area contributed by atoms with E-state index in [9.17, 15) is 4.79 Å². The summed E-state index contributed by atoms with van der Waals surface area (Å²) in [6.07, 6.45) is 4.40. The maximum absolute atomic E-state index is 12.6. The van der Waals surface area contributed by atoms with Crippen LogP contribution in [0.3, 0.4) is 0 Å². The van der Waals surface area contributed by atoms with E-state index in [4.69, 9.17) is 4.98 Å². The molecule has 2 aromatic carbocycles. The van der Waals surface area contributed by atoms with Crippen LogP contribution in [-0.2, 0) is 6.42 Å². The number of carbonyl (C=O) groups is 1. The van der Waals surface area contributed by atoms with Crippen LogP contribution in [0.2, 0.25) is 0 Å². The van der Waals surface area contributed by atoms with Crippen molar-refractivity contribution in [2.45, 2.75) is 32.2 Å². The Bertz CT molecular complexity index is 965. The van der Waals surface area contributed by atoms with Crippen molar-refractivity contribution in [3.63, 3.8) is 0 Å². The molecule has 1 aliphatic heterocycles. The van der Waals surface area contributed by atoms with Crippen LogP contribution >= 0.6 is 0 Å². The van der Waals surface area contributed by atoms with Crippen LogP contribution in [0.1, 0.15) is 40.2 Å². The molecule has 0 aliphatic carbocycles. The van der Waals surface area contributed by atoms with Crippen LogP contribution in [-0.4, -0.2) is 35.0 Å². The first kappa shape index (κ1) is 19.1. The van der Waals surface area contributed by atoms with E-state index in [1.165, 1.54) is 5.56 Å². The number of hydrogen-bond donors (Lipinski definition) is 1. The maximum atomic E-state index is 12.6.